The summed E-state index contributed by atoms with van der Waals surface area (Å²) in [6.07, 6.45) is 0.555. The molecule has 4 rings (SSSR count). The summed E-state index contributed by atoms with van der Waals surface area (Å²) in [5, 5.41) is 2.38. The number of nitrogens with zero attached hydrogens (tertiary/aromatic N) is 1. The minimum atomic E-state index is -3.97. The van der Waals surface area contributed by atoms with Gasteiger partial charge in [0.05, 0.1) is 16.1 Å². The molecule has 1 N–H and O–H groups in total. The standard InChI is InChI=1S/C22H17ClF2N2O3S/c23-16-5-8-21(20(25)11-16)26-22(28)18-12-17(6-7-19(18)24)31(29,30)27-10-9-14-3-1-2-4-15(14)13-27/h1-8,11-12H,9-10,13H2,(H,26,28). The van der Waals surface area contributed by atoms with E-state index >= 15 is 0 Å². The number of carbonyl (C=O) groups excluding carboxylic acids is 1. The summed E-state index contributed by atoms with van der Waals surface area (Å²) in [7, 11) is -3.97. The van der Waals surface area contributed by atoms with Crippen LogP contribution in [0, 0.1) is 11.6 Å². The van der Waals surface area contributed by atoms with Gasteiger partial charge in [0, 0.05) is 18.1 Å². The van der Waals surface area contributed by atoms with E-state index < -0.39 is 33.1 Å². The van der Waals surface area contributed by atoms with Gasteiger partial charge in [-0.15, -0.1) is 0 Å². The summed E-state index contributed by atoms with van der Waals surface area (Å²) in [5.74, 6) is -2.69. The van der Waals surface area contributed by atoms with E-state index in [4.69, 9.17) is 11.6 Å². The molecular formula is C22H17ClF2N2O3S. The summed E-state index contributed by atoms with van der Waals surface area (Å²) < 4.78 is 55.9. The molecule has 5 nitrogen and oxygen atoms in total. The van der Waals surface area contributed by atoms with Crippen molar-refractivity contribution in [1.29, 1.82) is 0 Å². The van der Waals surface area contributed by atoms with E-state index in [0.29, 0.717) is 6.42 Å². The van der Waals surface area contributed by atoms with E-state index in [9.17, 15) is 22.0 Å². The Kier molecular flexibility index (Phi) is 5.79. The van der Waals surface area contributed by atoms with Crippen molar-refractivity contribution in [3.8, 4) is 0 Å². The van der Waals surface area contributed by atoms with E-state index in [2.05, 4.69) is 5.32 Å². The molecule has 1 amide bonds. The predicted octanol–water partition coefficient (Wildman–Crippen LogP) is 4.62. The van der Waals surface area contributed by atoms with Crippen LogP contribution in [0.5, 0.6) is 0 Å². The highest BCUT2D eigenvalue weighted by Gasteiger charge is 2.29. The van der Waals surface area contributed by atoms with E-state index in [1.54, 1.807) is 0 Å². The van der Waals surface area contributed by atoms with Crippen LogP contribution in [0.1, 0.15) is 21.5 Å². The third-order valence-electron chi connectivity index (χ3n) is 5.10. The Bertz CT molecular complexity index is 1280. The maximum absolute atomic E-state index is 14.3. The van der Waals surface area contributed by atoms with Crippen molar-refractivity contribution >= 4 is 33.2 Å². The fraction of sp³-hybridized carbons (Fsp3) is 0.136. The van der Waals surface area contributed by atoms with Gasteiger partial charge in [0.1, 0.15) is 11.6 Å². The minimum Gasteiger partial charge on any atom is -0.319 e. The highest BCUT2D eigenvalue weighted by atomic mass is 35.5. The molecule has 0 unspecified atom stereocenters. The Hall–Kier alpha value is -2.81. The van der Waals surface area contributed by atoms with Crippen LogP contribution in [0.15, 0.2) is 65.6 Å². The van der Waals surface area contributed by atoms with Gasteiger partial charge in [-0.3, -0.25) is 4.79 Å². The van der Waals surface area contributed by atoms with Gasteiger partial charge in [0.25, 0.3) is 5.91 Å². The third-order valence-corrected chi connectivity index (χ3v) is 7.17. The Morgan fingerprint density at radius 3 is 2.45 bits per heavy atom. The lowest BCUT2D eigenvalue weighted by Gasteiger charge is -2.28. The third kappa shape index (κ3) is 4.32. The van der Waals surface area contributed by atoms with Gasteiger partial charge >= 0.3 is 0 Å². The van der Waals surface area contributed by atoms with Gasteiger partial charge in [-0.05, 0) is 53.9 Å². The molecule has 160 valence electrons. The summed E-state index contributed by atoms with van der Waals surface area (Å²) in [5.41, 5.74) is 1.27. The Morgan fingerprint density at radius 2 is 1.71 bits per heavy atom. The first-order valence-electron chi connectivity index (χ1n) is 9.38. The Balaban J connectivity index is 1.62. The van der Waals surface area contributed by atoms with E-state index in [-0.39, 0.29) is 28.7 Å². The maximum Gasteiger partial charge on any atom is 0.258 e. The van der Waals surface area contributed by atoms with E-state index in [1.807, 2.05) is 24.3 Å². The van der Waals surface area contributed by atoms with Gasteiger partial charge in [-0.1, -0.05) is 35.9 Å². The first-order chi connectivity index (χ1) is 14.8. The smallest absolute Gasteiger partial charge is 0.258 e. The molecule has 1 aliphatic heterocycles. The van der Waals surface area contributed by atoms with Crippen molar-refractivity contribution in [3.05, 3.63) is 94.0 Å². The molecule has 3 aromatic rings. The van der Waals surface area contributed by atoms with Gasteiger partial charge in [-0.25, -0.2) is 17.2 Å². The molecule has 0 atom stereocenters. The van der Waals surface area contributed by atoms with Gasteiger partial charge < -0.3 is 5.32 Å². The molecule has 0 saturated carbocycles. The molecule has 0 fully saturated rings. The molecule has 9 heteroatoms. The van der Waals surface area contributed by atoms with Crippen LogP contribution in [-0.2, 0) is 23.0 Å². The summed E-state index contributed by atoms with van der Waals surface area (Å²) >= 11 is 5.69. The van der Waals surface area contributed by atoms with Gasteiger partial charge in [0.15, 0.2) is 0 Å². The van der Waals surface area contributed by atoms with Crippen LogP contribution in [0.4, 0.5) is 14.5 Å². The maximum atomic E-state index is 14.3. The van der Waals surface area contributed by atoms with Crippen molar-refractivity contribution in [1.82, 2.24) is 4.31 Å². The number of hydrogen-bond donors (Lipinski definition) is 1. The highest BCUT2D eigenvalue weighted by molar-refractivity contribution is 7.89. The summed E-state index contributed by atoms with van der Waals surface area (Å²) in [6.45, 7) is 0.460. The van der Waals surface area contributed by atoms with Crippen LogP contribution in [-0.4, -0.2) is 25.2 Å². The van der Waals surface area contributed by atoms with Crippen LogP contribution in [0.3, 0.4) is 0 Å². The average molecular weight is 463 g/mol. The molecule has 1 heterocycles. The van der Waals surface area contributed by atoms with Crippen LogP contribution in [0.25, 0.3) is 0 Å². The number of anilines is 1. The topological polar surface area (TPSA) is 66.5 Å². The van der Waals surface area contributed by atoms with Crippen molar-refractivity contribution in [2.75, 3.05) is 11.9 Å². The molecule has 0 radical (unpaired) electrons. The zero-order valence-electron chi connectivity index (χ0n) is 16.1. The summed E-state index contributed by atoms with van der Waals surface area (Å²) in [4.78, 5) is 12.3. The van der Waals surface area contributed by atoms with Crippen LogP contribution < -0.4 is 5.32 Å². The van der Waals surface area contributed by atoms with Gasteiger partial charge in [-0.2, -0.15) is 4.31 Å². The quantitative estimate of drug-likeness (QED) is 0.615. The predicted molar refractivity (Wildman–Crippen MR) is 114 cm³/mol. The molecule has 0 saturated heterocycles. The van der Waals surface area contributed by atoms with Crippen molar-refractivity contribution in [3.63, 3.8) is 0 Å². The molecule has 0 aliphatic carbocycles. The molecule has 0 aromatic heterocycles. The van der Waals surface area contributed by atoms with Crippen LogP contribution in [0.2, 0.25) is 5.02 Å². The zero-order valence-corrected chi connectivity index (χ0v) is 17.7. The second-order valence-corrected chi connectivity index (χ2v) is 9.45. The number of sulfonamides is 1. The number of amides is 1. The number of hydrogen-bond acceptors (Lipinski definition) is 3. The van der Waals surface area contributed by atoms with Gasteiger partial charge in [0.2, 0.25) is 10.0 Å². The van der Waals surface area contributed by atoms with Crippen molar-refractivity contribution < 1.29 is 22.0 Å². The van der Waals surface area contributed by atoms with Crippen molar-refractivity contribution in [2.45, 2.75) is 17.9 Å². The molecule has 1 aliphatic rings. The molecule has 31 heavy (non-hydrogen) atoms. The number of rotatable bonds is 4. The lowest BCUT2D eigenvalue weighted by Crippen LogP contribution is -2.36. The fourth-order valence-electron chi connectivity index (χ4n) is 3.44. The van der Waals surface area contributed by atoms with E-state index in [0.717, 1.165) is 35.4 Å². The normalized spacial score (nSPS) is 14.2. The van der Waals surface area contributed by atoms with Crippen molar-refractivity contribution in [2.24, 2.45) is 0 Å². The SMILES string of the molecule is O=C(Nc1ccc(Cl)cc1F)c1cc(S(=O)(=O)N2CCc3ccccc3C2)ccc1F. The Morgan fingerprint density at radius 1 is 0.968 bits per heavy atom. The number of nitrogens with one attached hydrogen (secondary N) is 1. The zero-order chi connectivity index (χ0) is 22.2. The fourth-order valence-corrected chi connectivity index (χ4v) is 5.05. The molecular weight excluding hydrogens is 446 g/mol. The molecule has 3 aromatic carbocycles. The molecule has 0 spiro atoms. The monoisotopic (exact) mass is 462 g/mol. The number of halogens is 3. The summed E-state index contributed by atoms with van der Waals surface area (Å²) in [6, 6.07) is 14.2. The number of fused-ring (bicyclic) bond motifs is 1. The molecule has 0 bridgehead atoms. The number of carbonyl (C=O) groups is 1. The largest absolute Gasteiger partial charge is 0.319 e. The second-order valence-electron chi connectivity index (χ2n) is 7.08. The van der Waals surface area contributed by atoms with E-state index in [1.165, 1.54) is 16.4 Å². The highest BCUT2D eigenvalue weighted by Crippen LogP contribution is 2.27. The second kappa shape index (κ2) is 8.37. The lowest BCUT2D eigenvalue weighted by atomic mass is 10.0. The first kappa shape index (κ1) is 21.4. The lowest BCUT2D eigenvalue weighted by molar-refractivity contribution is 0.102. The first-order valence-corrected chi connectivity index (χ1v) is 11.2. The number of benzene rings is 3. The Labute approximate surface area is 183 Å². The van der Waals surface area contributed by atoms with Crippen LogP contribution >= 0.6 is 11.6 Å². The minimum absolute atomic E-state index is 0.137. The average Bonchev–Trinajstić information content (AvgIpc) is 2.75.